The van der Waals surface area contributed by atoms with Gasteiger partial charge in [0.1, 0.15) is 11.7 Å². The van der Waals surface area contributed by atoms with Gasteiger partial charge in [-0.2, -0.15) is 0 Å². The van der Waals surface area contributed by atoms with Crippen molar-refractivity contribution < 1.29 is 24.0 Å². The summed E-state index contributed by atoms with van der Waals surface area (Å²) >= 11 is 0. The Bertz CT molecular complexity index is 1130. The molecule has 0 aliphatic carbocycles. The van der Waals surface area contributed by atoms with Gasteiger partial charge in [-0.15, -0.1) is 0 Å². The summed E-state index contributed by atoms with van der Waals surface area (Å²) in [4.78, 5) is 67.0. The van der Waals surface area contributed by atoms with Crippen molar-refractivity contribution in [3.8, 4) is 0 Å². The van der Waals surface area contributed by atoms with Gasteiger partial charge < -0.3 is 16.4 Å². The SMILES string of the molecule is CC(C)[C@H](NC(=O)C[C@H](NC(=O)c1cccnc1N)c1ccccc1)C(=O)[C@@H]1C(=O)NC(=O)[C@H]1C. The van der Waals surface area contributed by atoms with E-state index in [0.29, 0.717) is 5.56 Å². The summed E-state index contributed by atoms with van der Waals surface area (Å²) < 4.78 is 0. The summed E-state index contributed by atoms with van der Waals surface area (Å²) in [6.07, 6.45) is 1.30. The van der Waals surface area contributed by atoms with Crippen LogP contribution in [0.4, 0.5) is 5.82 Å². The number of ketones is 1. The molecule has 1 saturated heterocycles. The molecule has 4 atom stereocenters. The van der Waals surface area contributed by atoms with Crippen LogP contribution in [0.25, 0.3) is 0 Å². The maximum Gasteiger partial charge on any atom is 0.255 e. The van der Waals surface area contributed by atoms with Crippen molar-refractivity contribution in [2.24, 2.45) is 17.8 Å². The summed E-state index contributed by atoms with van der Waals surface area (Å²) in [5.74, 6) is -4.92. The number of nitrogens with two attached hydrogens (primary N) is 1. The fraction of sp³-hybridized carbons (Fsp3) is 0.360. The molecule has 5 N–H and O–H groups in total. The van der Waals surface area contributed by atoms with Gasteiger partial charge >= 0.3 is 0 Å². The van der Waals surface area contributed by atoms with Crippen LogP contribution in [0.1, 0.15) is 49.2 Å². The van der Waals surface area contributed by atoms with Gasteiger partial charge in [0.25, 0.3) is 5.91 Å². The molecule has 0 saturated carbocycles. The number of amides is 4. The minimum absolute atomic E-state index is 0.0604. The third-order valence-corrected chi connectivity index (χ3v) is 6.02. The number of imide groups is 1. The fourth-order valence-electron chi connectivity index (χ4n) is 4.03. The highest BCUT2D eigenvalue weighted by molar-refractivity contribution is 6.16. The smallest absolute Gasteiger partial charge is 0.255 e. The van der Waals surface area contributed by atoms with Crippen molar-refractivity contribution in [1.82, 2.24) is 20.9 Å². The molecule has 1 aromatic heterocycles. The minimum Gasteiger partial charge on any atom is -0.383 e. The number of anilines is 1. The van der Waals surface area contributed by atoms with E-state index in [1.54, 1.807) is 44.2 Å². The van der Waals surface area contributed by atoms with Crippen LogP contribution in [0.15, 0.2) is 48.7 Å². The van der Waals surface area contributed by atoms with Crippen molar-refractivity contribution in [3.63, 3.8) is 0 Å². The summed E-state index contributed by atoms with van der Waals surface area (Å²) in [6.45, 7) is 4.99. The normalized spacial score (nSPS) is 19.1. The monoisotopic (exact) mass is 479 g/mol. The number of rotatable bonds is 9. The van der Waals surface area contributed by atoms with E-state index in [1.807, 2.05) is 6.07 Å². The number of pyridine rings is 1. The zero-order valence-electron chi connectivity index (χ0n) is 19.8. The lowest BCUT2D eigenvalue weighted by Gasteiger charge is -2.26. The Morgan fingerprint density at radius 2 is 1.71 bits per heavy atom. The lowest BCUT2D eigenvalue weighted by Crippen LogP contribution is -2.49. The van der Waals surface area contributed by atoms with E-state index >= 15 is 0 Å². The molecule has 2 aromatic rings. The van der Waals surface area contributed by atoms with Crippen LogP contribution in [0.3, 0.4) is 0 Å². The highest BCUT2D eigenvalue weighted by Gasteiger charge is 2.46. The molecular formula is C25H29N5O5. The molecule has 0 unspecified atom stereocenters. The van der Waals surface area contributed by atoms with E-state index in [2.05, 4.69) is 20.9 Å². The van der Waals surface area contributed by atoms with Gasteiger partial charge in [-0.3, -0.25) is 29.3 Å². The van der Waals surface area contributed by atoms with Gasteiger partial charge in [0.05, 0.1) is 30.0 Å². The van der Waals surface area contributed by atoms with Crippen molar-refractivity contribution in [1.29, 1.82) is 0 Å². The van der Waals surface area contributed by atoms with Gasteiger partial charge in [-0.05, 0) is 23.6 Å². The number of nitrogens with one attached hydrogen (secondary N) is 3. The summed E-state index contributed by atoms with van der Waals surface area (Å²) in [7, 11) is 0. The lowest BCUT2D eigenvalue weighted by atomic mass is 9.85. The van der Waals surface area contributed by atoms with Crippen LogP contribution in [0.2, 0.25) is 0 Å². The van der Waals surface area contributed by atoms with Crippen LogP contribution in [-0.2, 0) is 19.2 Å². The number of aromatic nitrogens is 1. The first-order valence-corrected chi connectivity index (χ1v) is 11.3. The molecule has 35 heavy (non-hydrogen) atoms. The number of hydrogen-bond donors (Lipinski definition) is 4. The highest BCUT2D eigenvalue weighted by Crippen LogP contribution is 2.24. The highest BCUT2D eigenvalue weighted by atomic mass is 16.2. The Hall–Kier alpha value is -4.08. The second-order valence-corrected chi connectivity index (χ2v) is 8.89. The molecular weight excluding hydrogens is 450 g/mol. The van der Waals surface area contributed by atoms with Crippen molar-refractivity contribution in [3.05, 3.63) is 59.8 Å². The zero-order chi connectivity index (χ0) is 25.7. The van der Waals surface area contributed by atoms with Crippen molar-refractivity contribution in [2.45, 2.75) is 39.3 Å². The first-order valence-electron chi connectivity index (χ1n) is 11.3. The van der Waals surface area contributed by atoms with Gasteiger partial charge in [-0.25, -0.2) is 4.98 Å². The fourth-order valence-corrected chi connectivity index (χ4v) is 4.03. The van der Waals surface area contributed by atoms with E-state index in [-0.39, 0.29) is 23.7 Å². The van der Waals surface area contributed by atoms with Gasteiger partial charge in [-0.1, -0.05) is 51.1 Å². The number of hydrogen-bond acceptors (Lipinski definition) is 7. The van der Waals surface area contributed by atoms with Crippen molar-refractivity contribution >= 4 is 35.2 Å². The quantitative estimate of drug-likeness (QED) is 0.310. The number of Topliss-reactive ketones (excluding diaryl/α,β-unsaturated/α-hetero) is 1. The second kappa shape index (κ2) is 10.9. The number of carbonyl (C=O) groups is 5. The van der Waals surface area contributed by atoms with E-state index in [9.17, 15) is 24.0 Å². The summed E-state index contributed by atoms with van der Waals surface area (Å²) in [5, 5.41) is 7.69. The Balaban J connectivity index is 1.78. The molecule has 184 valence electrons. The number of nitrogen functional groups attached to an aromatic ring is 1. The molecule has 1 fully saturated rings. The summed E-state index contributed by atoms with van der Waals surface area (Å²) in [6, 6.07) is 10.3. The maximum absolute atomic E-state index is 13.1. The molecule has 1 aliphatic rings. The summed E-state index contributed by atoms with van der Waals surface area (Å²) in [5.41, 5.74) is 6.67. The molecule has 3 rings (SSSR count). The van der Waals surface area contributed by atoms with Gasteiger partial charge in [0.2, 0.25) is 17.7 Å². The van der Waals surface area contributed by atoms with Crippen LogP contribution in [-0.4, -0.2) is 40.4 Å². The Morgan fingerprint density at radius 1 is 1.03 bits per heavy atom. The lowest BCUT2D eigenvalue weighted by molar-refractivity contribution is -0.137. The van der Waals surface area contributed by atoms with Gasteiger partial charge in [0.15, 0.2) is 5.78 Å². The van der Waals surface area contributed by atoms with Crippen molar-refractivity contribution in [2.75, 3.05) is 5.73 Å². The molecule has 2 heterocycles. The van der Waals surface area contributed by atoms with Crippen LogP contribution < -0.4 is 21.7 Å². The van der Waals surface area contributed by atoms with Crippen LogP contribution in [0.5, 0.6) is 0 Å². The first kappa shape index (κ1) is 25.5. The predicted molar refractivity (Wildman–Crippen MR) is 127 cm³/mol. The third kappa shape index (κ3) is 5.89. The Labute approximate surface area is 203 Å². The van der Waals surface area contributed by atoms with Crippen LogP contribution in [0, 0.1) is 17.8 Å². The number of nitrogens with zero attached hydrogens (tertiary/aromatic N) is 1. The van der Waals surface area contributed by atoms with E-state index in [0.717, 1.165) is 0 Å². The third-order valence-electron chi connectivity index (χ3n) is 6.02. The van der Waals surface area contributed by atoms with Gasteiger partial charge in [0, 0.05) is 6.20 Å². The number of carbonyl (C=O) groups excluding carboxylic acids is 5. The predicted octanol–water partition coefficient (Wildman–Crippen LogP) is 1.14. The zero-order valence-corrected chi connectivity index (χ0v) is 19.8. The Morgan fingerprint density at radius 3 is 2.29 bits per heavy atom. The molecule has 0 spiro atoms. The molecule has 0 radical (unpaired) electrons. The molecule has 0 bridgehead atoms. The Kier molecular flexibility index (Phi) is 7.95. The standard InChI is InChI=1S/C25H29N5O5/c1-13(2)20(21(32)19-14(3)23(33)30-25(19)35)29-18(31)12-17(15-8-5-4-6-9-15)28-24(34)16-10-7-11-27-22(16)26/h4-11,13-14,17,19-20H,12H2,1-3H3,(H2,26,27)(H,28,34)(H,29,31)(H,30,33,35)/t14-,17-,19+,20-/m0/s1. The molecule has 4 amide bonds. The minimum atomic E-state index is -1.16. The van der Waals surface area contributed by atoms with E-state index in [4.69, 9.17) is 5.73 Å². The molecule has 1 aliphatic heterocycles. The van der Waals surface area contributed by atoms with E-state index in [1.165, 1.54) is 19.2 Å². The largest absolute Gasteiger partial charge is 0.383 e. The molecule has 10 heteroatoms. The number of benzene rings is 1. The average molecular weight is 480 g/mol. The first-order chi connectivity index (χ1) is 16.6. The van der Waals surface area contributed by atoms with E-state index < -0.39 is 53.3 Å². The topological polar surface area (TPSA) is 160 Å². The maximum atomic E-state index is 13.1. The molecule has 10 nitrogen and oxygen atoms in total. The molecule has 1 aromatic carbocycles. The second-order valence-electron chi connectivity index (χ2n) is 8.89. The average Bonchev–Trinajstić information content (AvgIpc) is 3.08. The van der Waals surface area contributed by atoms with Crippen LogP contribution >= 0.6 is 0 Å².